The van der Waals surface area contributed by atoms with Gasteiger partial charge in [-0.3, -0.25) is 0 Å². The molecule has 1 fully saturated rings. The van der Waals surface area contributed by atoms with Gasteiger partial charge in [-0.15, -0.1) is 0 Å². The Morgan fingerprint density at radius 1 is 0.960 bits per heavy atom. The molecule has 6 heteroatoms. The SMILES string of the molecule is FC(F)(F)c1cc(N2CCCCC2)n(-c2ccc3c(c2)CCNC3)c1. The predicted molar refractivity (Wildman–Crippen MR) is 92.2 cm³/mol. The molecule has 3 nitrogen and oxygen atoms in total. The van der Waals surface area contributed by atoms with Gasteiger partial charge in [0.15, 0.2) is 0 Å². The van der Waals surface area contributed by atoms with E-state index < -0.39 is 11.7 Å². The van der Waals surface area contributed by atoms with Gasteiger partial charge in [-0.05, 0) is 61.6 Å². The van der Waals surface area contributed by atoms with Gasteiger partial charge in [0.05, 0.1) is 5.56 Å². The molecule has 1 aromatic heterocycles. The number of benzene rings is 1. The number of hydrogen-bond acceptors (Lipinski definition) is 2. The van der Waals surface area contributed by atoms with E-state index in [0.717, 1.165) is 57.5 Å². The van der Waals surface area contributed by atoms with Gasteiger partial charge in [-0.2, -0.15) is 13.2 Å². The Hall–Kier alpha value is -1.95. The van der Waals surface area contributed by atoms with Crippen LogP contribution in [0.2, 0.25) is 0 Å². The van der Waals surface area contributed by atoms with Crippen LogP contribution in [-0.4, -0.2) is 24.2 Å². The largest absolute Gasteiger partial charge is 0.417 e. The number of hydrogen-bond donors (Lipinski definition) is 1. The number of halogens is 3. The van der Waals surface area contributed by atoms with E-state index >= 15 is 0 Å². The van der Waals surface area contributed by atoms with Crippen LogP contribution in [0.15, 0.2) is 30.5 Å². The van der Waals surface area contributed by atoms with Crippen molar-refractivity contribution in [1.82, 2.24) is 9.88 Å². The molecule has 0 spiro atoms. The molecular formula is C19H22F3N3. The van der Waals surface area contributed by atoms with Crippen molar-refractivity contribution in [3.63, 3.8) is 0 Å². The summed E-state index contributed by atoms with van der Waals surface area (Å²) >= 11 is 0. The van der Waals surface area contributed by atoms with Crippen LogP contribution in [0.1, 0.15) is 36.0 Å². The number of nitrogens with one attached hydrogen (secondary N) is 1. The molecule has 3 heterocycles. The summed E-state index contributed by atoms with van der Waals surface area (Å²) in [5, 5.41) is 3.32. The first-order valence-electron chi connectivity index (χ1n) is 8.90. The first kappa shape index (κ1) is 16.5. The molecule has 2 aliphatic heterocycles. The summed E-state index contributed by atoms with van der Waals surface area (Å²) in [5.41, 5.74) is 2.70. The van der Waals surface area contributed by atoms with Gasteiger partial charge in [-0.1, -0.05) is 6.07 Å². The molecule has 1 N–H and O–H groups in total. The lowest BCUT2D eigenvalue weighted by Crippen LogP contribution is -2.31. The molecule has 4 rings (SSSR count). The number of fused-ring (bicyclic) bond motifs is 1. The highest BCUT2D eigenvalue weighted by atomic mass is 19.4. The molecule has 0 aliphatic carbocycles. The maximum atomic E-state index is 13.3. The van der Waals surface area contributed by atoms with Gasteiger partial charge in [0.2, 0.25) is 0 Å². The monoisotopic (exact) mass is 349 g/mol. The molecule has 0 unspecified atom stereocenters. The molecule has 0 amide bonds. The lowest BCUT2D eigenvalue weighted by Gasteiger charge is -2.30. The molecule has 0 atom stereocenters. The number of nitrogens with zero attached hydrogens (tertiary/aromatic N) is 2. The Labute approximate surface area is 145 Å². The van der Waals surface area contributed by atoms with Gasteiger partial charge >= 0.3 is 6.18 Å². The fraction of sp³-hybridized carbons (Fsp3) is 0.474. The normalized spacial score (nSPS) is 18.3. The third-order valence-corrected chi connectivity index (χ3v) is 5.16. The highest BCUT2D eigenvalue weighted by Gasteiger charge is 2.34. The lowest BCUT2D eigenvalue weighted by atomic mass is 10.0. The summed E-state index contributed by atoms with van der Waals surface area (Å²) in [5.74, 6) is 0.654. The molecule has 1 saturated heterocycles. The molecule has 0 saturated carbocycles. The van der Waals surface area contributed by atoms with Crippen molar-refractivity contribution in [2.24, 2.45) is 0 Å². The van der Waals surface area contributed by atoms with Crippen LogP contribution in [-0.2, 0) is 19.1 Å². The van der Waals surface area contributed by atoms with Crippen molar-refractivity contribution in [2.75, 3.05) is 24.5 Å². The second kappa shape index (κ2) is 6.41. The smallest absolute Gasteiger partial charge is 0.358 e. The van der Waals surface area contributed by atoms with Crippen LogP contribution in [0, 0.1) is 0 Å². The predicted octanol–water partition coefficient (Wildman–Crippen LogP) is 4.13. The van der Waals surface area contributed by atoms with Crippen molar-refractivity contribution in [3.8, 4) is 5.69 Å². The fourth-order valence-corrected chi connectivity index (χ4v) is 3.79. The number of rotatable bonds is 2. The van der Waals surface area contributed by atoms with Crippen molar-refractivity contribution in [2.45, 2.75) is 38.4 Å². The highest BCUT2D eigenvalue weighted by Crippen LogP contribution is 2.36. The zero-order valence-electron chi connectivity index (χ0n) is 14.1. The third-order valence-electron chi connectivity index (χ3n) is 5.16. The van der Waals surface area contributed by atoms with Gasteiger partial charge < -0.3 is 14.8 Å². The molecule has 0 bridgehead atoms. The number of aromatic nitrogens is 1. The van der Waals surface area contributed by atoms with E-state index in [0.29, 0.717) is 5.82 Å². The van der Waals surface area contributed by atoms with Gasteiger partial charge in [0, 0.05) is 31.5 Å². The third kappa shape index (κ3) is 3.27. The minimum absolute atomic E-state index is 0.576. The molecular weight excluding hydrogens is 327 g/mol. The van der Waals surface area contributed by atoms with Crippen LogP contribution in [0.4, 0.5) is 19.0 Å². The van der Waals surface area contributed by atoms with Crippen molar-refractivity contribution >= 4 is 5.82 Å². The molecule has 134 valence electrons. The Balaban J connectivity index is 1.78. The van der Waals surface area contributed by atoms with Gasteiger partial charge in [0.25, 0.3) is 0 Å². The van der Waals surface area contributed by atoms with Crippen LogP contribution in [0.5, 0.6) is 0 Å². The molecule has 1 aromatic carbocycles. The topological polar surface area (TPSA) is 20.2 Å². The quantitative estimate of drug-likeness (QED) is 0.880. The van der Waals surface area contributed by atoms with Crippen LogP contribution < -0.4 is 10.2 Å². The first-order chi connectivity index (χ1) is 12.0. The van der Waals surface area contributed by atoms with E-state index in [4.69, 9.17) is 0 Å². The van der Waals surface area contributed by atoms with Crippen LogP contribution >= 0.6 is 0 Å². The Morgan fingerprint density at radius 2 is 1.76 bits per heavy atom. The second-order valence-corrected chi connectivity index (χ2v) is 6.88. The summed E-state index contributed by atoms with van der Waals surface area (Å²) < 4.78 is 41.6. The summed E-state index contributed by atoms with van der Waals surface area (Å²) in [6.07, 6.45) is 1.04. The first-order valence-corrected chi connectivity index (χ1v) is 8.90. The highest BCUT2D eigenvalue weighted by molar-refractivity contribution is 5.54. The molecule has 2 aliphatic rings. The van der Waals surface area contributed by atoms with E-state index in [1.54, 1.807) is 4.57 Å². The summed E-state index contributed by atoms with van der Waals surface area (Å²) in [6.45, 7) is 3.37. The van der Waals surface area contributed by atoms with E-state index in [1.807, 2.05) is 18.2 Å². The Bertz CT molecular complexity index is 758. The second-order valence-electron chi connectivity index (χ2n) is 6.88. The van der Waals surface area contributed by atoms with Gasteiger partial charge in [-0.25, -0.2) is 0 Å². The van der Waals surface area contributed by atoms with Gasteiger partial charge in [0.1, 0.15) is 5.82 Å². The van der Waals surface area contributed by atoms with Crippen molar-refractivity contribution < 1.29 is 13.2 Å². The molecule has 0 radical (unpaired) electrons. The summed E-state index contributed by atoms with van der Waals surface area (Å²) in [7, 11) is 0. The van der Waals surface area contributed by atoms with Crippen molar-refractivity contribution in [1.29, 1.82) is 0 Å². The summed E-state index contributed by atoms with van der Waals surface area (Å²) in [6, 6.07) is 7.31. The Morgan fingerprint density at radius 3 is 2.52 bits per heavy atom. The van der Waals surface area contributed by atoms with E-state index in [9.17, 15) is 13.2 Å². The standard InChI is InChI=1S/C19H22F3N3/c20-19(21,22)16-11-18(24-8-2-1-3-9-24)25(13-16)17-5-4-15-12-23-7-6-14(15)10-17/h4-5,10-11,13,23H,1-3,6-9,12H2. The van der Waals surface area contributed by atoms with E-state index in [1.165, 1.54) is 23.4 Å². The maximum Gasteiger partial charge on any atom is 0.417 e. The minimum atomic E-state index is -4.33. The van der Waals surface area contributed by atoms with E-state index in [-0.39, 0.29) is 0 Å². The lowest BCUT2D eigenvalue weighted by molar-refractivity contribution is -0.137. The fourth-order valence-electron chi connectivity index (χ4n) is 3.79. The van der Waals surface area contributed by atoms with Crippen LogP contribution in [0.3, 0.4) is 0 Å². The average molecular weight is 349 g/mol. The number of anilines is 1. The average Bonchev–Trinajstić information content (AvgIpc) is 3.08. The minimum Gasteiger partial charge on any atom is -0.358 e. The van der Waals surface area contributed by atoms with E-state index in [2.05, 4.69) is 10.2 Å². The maximum absolute atomic E-state index is 13.3. The zero-order chi connectivity index (χ0) is 17.4. The number of alkyl halides is 3. The number of piperidine rings is 1. The molecule has 25 heavy (non-hydrogen) atoms. The zero-order valence-corrected chi connectivity index (χ0v) is 14.1. The summed E-state index contributed by atoms with van der Waals surface area (Å²) in [4.78, 5) is 2.08. The molecule has 2 aromatic rings. The Kier molecular flexibility index (Phi) is 4.23. The van der Waals surface area contributed by atoms with Crippen LogP contribution in [0.25, 0.3) is 5.69 Å². The van der Waals surface area contributed by atoms with Crippen molar-refractivity contribution in [3.05, 3.63) is 47.2 Å².